The van der Waals surface area contributed by atoms with Crippen molar-refractivity contribution in [2.45, 2.75) is 81.3 Å². The molecule has 0 radical (unpaired) electrons. The van der Waals surface area contributed by atoms with E-state index in [0.717, 1.165) is 73.5 Å². The highest BCUT2D eigenvalue weighted by Crippen LogP contribution is 2.47. The Hall–Kier alpha value is -5.19. The third-order valence-corrected chi connectivity index (χ3v) is 14.8. The second kappa shape index (κ2) is 21.0. The highest BCUT2D eigenvalue weighted by Gasteiger charge is 2.40. The monoisotopic (exact) mass is 918 g/mol. The van der Waals surface area contributed by atoms with Gasteiger partial charge in [0.2, 0.25) is 23.7 Å². The van der Waals surface area contributed by atoms with Crippen LogP contribution in [-0.2, 0) is 34.5 Å². The number of methoxy groups -OCH3 is 1. The maximum Gasteiger partial charge on any atom is 0.362 e. The molecule has 2 saturated heterocycles. The number of piperidine rings is 2. The van der Waals surface area contributed by atoms with Gasteiger partial charge in [-0.05, 0) is 79.8 Å². The molecule has 0 bridgehead atoms. The molecular weight excluding hydrogens is 867 g/mol. The van der Waals surface area contributed by atoms with Crippen LogP contribution in [0.2, 0.25) is 5.02 Å². The second-order valence-corrected chi connectivity index (χ2v) is 19.2. The van der Waals surface area contributed by atoms with Gasteiger partial charge in [-0.2, -0.15) is 4.98 Å². The minimum atomic E-state index is -3.57. The lowest BCUT2D eigenvalue weighted by atomic mass is 10.0. The number of anilines is 5. The van der Waals surface area contributed by atoms with Crippen molar-refractivity contribution in [1.82, 2.24) is 25.5 Å². The van der Waals surface area contributed by atoms with E-state index in [1.54, 1.807) is 48.0 Å². The lowest BCUT2D eigenvalue weighted by Gasteiger charge is -2.34. The number of fused-ring (bicyclic) bond motifs is 1. The number of carbonyl (C=O) groups is 4. The molecule has 16 nitrogen and oxygen atoms in total. The van der Waals surface area contributed by atoms with Gasteiger partial charge in [0.1, 0.15) is 16.8 Å². The fourth-order valence-corrected chi connectivity index (χ4v) is 10.5. The van der Waals surface area contributed by atoms with Crippen molar-refractivity contribution in [2.75, 3.05) is 55.7 Å². The molecule has 4 heterocycles. The van der Waals surface area contributed by atoms with Gasteiger partial charge in [0.05, 0.1) is 30.0 Å². The maximum atomic E-state index is 13.2. The standard InChI is InChI=1S/C44H52ClN8O8PS/c1-59-36-25-29(16-17-33(36)49-44-46-26-32(45)41(51-44)48-34-12-7-8-13-37(34)62(58,60-2)61-3)52-22-20-28(21-23-52)47-39(54)15-6-4-5-9-24-63-38-14-10-11-30-31(38)27-53(43(30)57)35-18-19-40(55)50-42(35)56/h7-8,10-14,16-17,25-26,28,35H,4-6,9,15,18-24,27H2,1-3H3,(H,47,54)(H,50,55,56)(H2,46,48,49,51). The van der Waals surface area contributed by atoms with Crippen LogP contribution >= 0.6 is 31.0 Å². The fraction of sp³-hybridized carbons (Fsp3) is 0.409. The third-order valence-electron chi connectivity index (χ3n) is 11.4. The molecule has 3 aliphatic rings. The van der Waals surface area contributed by atoms with Crippen LogP contribution in [0.25, 0.3) is 0 Å². The van der Waals surface area contributed by atoms with Gasteiger partial charge in [-0.3, -0.25) is 29.1 Å². The summed E-state index contributed by atoms with van der Waals surface area (Å²) in [5.74, 6) is 1.26. The number of hydrogen-bond donors (Lipinski definition) is 4. The van der Waals surface area contributed by atoms with Crippen LogP contribution in [0.5, 0.6) is 5.75 Å². The molecule has 1 aromatic heterocycles. The summed E-state index contributed by atoms with van der Waals surface area (Å²) in [4.78, 5) is 63.9. The molecule has 334 valence electrons. The number of benzene rings is 3. The van der Waals surface area contributed by atoms with Crippen molar-refractivity contribution in [3.63, 3.8) is 0 Å². The largest absolute Gasteiger partial charge is 0.494 e. The van der Waals surface area contributed by atoms with E-state index in [0.29, 0.717) is 47.4 Å². The summed E-state index contributed by atoms with van der Waals surface area (Å²) in [7, 11) is 0.672. The zero-order chi connectivity index (χ0) is 44.5. The Kier molecular flexibility index (Phi) is 15.3. The quantitative estimate of drug-likeness (QED) is 0.0316. The first kappa shape index (κ1) is 45.8. The Bertz CT molecular complexity index is 2380. The average Bonchev–Trinajstić information content (AvgIpc) is 3.63. The number of hydrogen-bond acceptors (Lipinski definition) is 14. The van der Waals surface area contributed by atoms with E-state index in [9.17, 15) is 23.7 Å². The summed E-state index contributed by atoms with van der Waals surface area (Å²) in [5, 5.41) is 12.5. The van der Waals surface area contributed by atoms with E-state index >= 15 is 0 Å². The van der Waals surface area contributed by atoms with Gasteiger partial charge < -0.3 is 39.5 Å². The highest BCUT2D eigenvalue weighted by molar-refractivity contribution is 7.99. The molecule has 0 spiro atoms. The SMILES string of the molecule is COc1cc(N2CCC(NC(=O)CCCCCCSc3cccc4c3CN(C3CCC(=O)NC3=O)C4=O)CC2)ccc1Nc1ncc(Cl)c(Nc2ccccc2P(=O)(OC)OC)n1. The van der Waals surface area contributed by atoms with Crippen molar-refractivity contribution >= 4 is 88.7 Å². The molecule has 19 heteroatoms. The number of ether oxygens (including phenoxy) is 1. The van der Waals surface area contributed by atoms with Crippen molar-refractivity contribution in [3.8, 4) is 5.75 Å². The minimum Gasteiger partial charge on any atom is -0.494 e. The number of imide groups is 1. The van der Waals surface area contributed by atoms with Crippen LogP contribution in [0, 0.1) is 0 Å². The van der Waals surface area contributed by atoms with E-state index in [2.05, 4.69) is 36.1 Å². The smallest absolute Gasteiger partial charge is 0.362 e. The summed E-state index contributed by atoms with van der Waals surface area (Å²) in [6, 6.07) is 18.0. The van der Waals surface area contributed by atoms with Crippen LogP contribution in [0.1, 0.15) is 73.7 Å². The van der Waals surface area contributed by atoms with E-state index in [1.165, 1.54) is 20.4 Å². The number of para-hydroxylation sites is 1. The van der Waals surface area contributed by atoms with E-state index in [-0.39, 0.29) is 47.0 Å². The first-order chi connectivity index (χ1) is 30.5. The fourth-order valence-electron chi connectivity index (χ4n) is 8.03. The molecule has 4 amide bonds. The first-order valence-electron chi connectivity index (χ1n) is 21.0. The Morgan fingerprint density at radius 3 is 2.48 bits per heavy atom. The predicted octanol–water partition coefficient (Wildman–Crippen LogP) is 7.33. The Morgan fingerprint density at radius 2 is 1.71 bits per heavy atom. The number of rotatable bonds is 19. The number of carbonyl (C=O) groups excluding carboxylic acids is 4. The van der Waals surface area contributed by atoms with Gasteiger partial charge in [-0.15, -0.1) is 11.8 Å². The lowest BCUT2D eigenvalue weighted by Crippen LogP contribution is -2.52. The summed E-state index contributed by atoms with van der Waals surface area (Å²) < 4.78 is 29.3. The molecule has 4 aromatic rings. The number of nitrogens with zero attached hydrogens (tertiary/aromatic N) is 4. The zero-order valence-electron chi connectivity index (χ0n) is 35.5. The Morgan fingerprint density at radius 1 is 0.937 bits per heavy atom. The molecule has 3 aliphatic heterocycles. The Balaban J connectivity index is 0.821. The van der Waals surface area contributed by atoms with E-state index in [1.807, 2.05) is 36.4 Å². The third kappa shape index (κ3) is 11.0. The normalized spacial score (nSPS) is 16.8. The molecule has 2 fully saturated rings. The summed E-state index contributed by atoms with van der Waals surface area (Å²) >= 11 is 8.18. The number of nitrogens with one attached hydrogen (secondary N) is 4. The van der Waals surface area contributed by atoms with Crippen LogP contribution in [0.3, 0.4) is 0 Å². The highest BCUT2D eigenvalue weighted by atomic mass is 35.5. The molecular formula is C44H52ClN8O8PS. The topological polar surface area (TPSA) is 193 Å². The van der Waals surface area contributed by atoms with Gasteiger partial charge in [-0.1, -0.05) is 42.6 Å². The average molecular weight is 919 g/mol. The number of amides is 4. The molecule has 0 saturated carbocycles. The van der Waals surface area contributed by atoms with Crippen LogP contribution < -0.4 is 36.2 Å². The van der Waals surface area contributed by atoms with Crippen molar-refractivity contribution in [3.05, 3.63) is 83.0 Å². The van der Waals surface area contributed by atoms with Crippen LogP contribution in [0.4, 0.5) is 28.8 Å². The predicted molar refractivity (Wildman–Crippen MR) is 244 cm³/mol. The number of unbranched alkanes of at least 4 members (excludes halogenated alkanes) is 3. The number of thioether (sulfide) groups is 1. The van der Waals surface area contributed by atoms with E-state index < -0.39 is 19.5 Å². The van der Waals surface area contributed by atoms with Gasteiger partial charge in [-0.25, -0.2) is 4.98 Å². The zero-order valence-corrected chi connectivity index (χ0v) is 38.0. The summed E-state index contributed by atoms with van der Waals surface area (Å²) in [6.07, 6.45) is 7.96. The summed E-state index contributed by atoms with van der Waals surface area (Å²) in [5.41, 5.74) is 3.68. The van der Waals surface area contributed by atoms with Crippen molar-refractivity contribution < 1.29 is 37.5 Å². The van der Waals surface area contributed by atoms with Crippen molar-refractivity contribution in [1.29, 1.82) is 0 Å². The molecule has 4 N–H and O–H groups in total. The van der Waals surface area contributed by atoms with Gasteiger partial charge in [0.25, 0.3) is 5.91 Å². The van der Waals surface area contributed by atoms with Crippen LogP contribution in [-0.4, -0.2) is 90.8 Å². The second-order valence-electron chi connectivity index (χ2n) is 15.4. The lowest BCUT2D eigenvalue weighted by molar-refractivity contribution is -0.137. The molecule has 1 unspecified atom stereocenters. The molecule has 63 heavy (non-hydrogen) atoms. The first-order valence-corrected chi connectivity index (χ1v) is 23.9. The molecule has 0 aliphatic carbocycles. The van der Waals surface area contributed by atoms with Crippen LogP contribution in [0.15, 0.2) is 71.8 Å². The molecule has 1 atom stereocenters. The molecule has 7 rings (SSSR count). The van der Waals surface area contributed by atoms with E-state index in [4.69, 9.17) is 25.4 Å². The van der Waals surface area contributed by atoms with Gasteiger partial charge >= 0.3 is 7.60 Å². The number of aromatic nitrogens is 2. The molecule has 3 aromatic carbocycles. The van der Waals surface area contributed by atoms with Gasteiger partial charge in [0, 0.05) is 75.0 Å². The Labute approximate surface area is 376 Å². The number of halogens is 1. The summed E-state index contributed by atoms with van der Waals surface area (Å²) in [6.45, 7) is 1.93. The maximum absolute atomic E-state index is 13.2. The van der Waals surface area contributed by atoms with Gasteiger partial charge in [0.15, 0.2) is 5.82 Å². The minimum absolute atomic E-state index is 0.0851. The van der Waals surface area contributed by atoms with Crippen molar-refractivity contribution in [2.24, 2.45) is 0 Å².